The first-order valence-corrected chi connectivity index (χ1v) is 5.61. The average Bonchev–Trinajstić information content (AvgIpc) is 2.26. The van der Waals surface area contributed by atoms with Crippen LogP contribution in [-0.4, -0.2) is 16.2 Å². The zero-order valence-corrected chi connectivity index (χ0v) is 9.06. The highest BCUT2D eigenvalue weighted by atomic mass is 32.2. The molecule has 0 saturated heterocycles. The van der Waals surface area contributed by atoms with E-state index in [1.54, 1.807) is 6.26 Å². The van der Waals surface area contributed by atoms with Crippen LogP contribution in [0.2, 0.25) is 0 Å². The van der Waals surface area contributed by atoms with E-state index >= 15 is 0 Å². The van der Waals surface area contributed by atoms with Gasteiger partial charge < -0.3 is 0 Å². The predicted octanol–water partition coefficient (Wildman–Crippen LogP) is 3.37. The first kappa shape index (κ1) is 11.2. The molecular weight excluding hydrogens is 237 g/mol. The molecule has 2 aromatic rings. The van der Waals surface area contributed by atoms with E-state index in [1.807, 2.05) is 0 Å². The Morgan fingerprint density at radius 1 is 1.25 bits per heavy atom. The SMILES string of the molecule is CSc1ncc2ccc(C(F)(F)F)cc2n1. The van der Waals surface area contributed by atoms with Gasteiger partial charge in [-0.3, -0.25) is 0 Å². The van der Waals surface area contributed by atoms with Crippen molar-refractivity contribution in [1.29, 1.82) is 0 Å². The Bertz CT molecular complexity index is 525. The molecule has 84 valence electrons. The molecule has 6 heteroatoms. The van der Waals surface area contributed by atoms with Gasteiger partial charge in [0.25, 0.3) is 0 Å². The van der Waals surface area contributed by atoms with Crippen molar-refractivity contribution in [3.63, 3.8) is 0 Å². The smallest absolute Gasteiger partial charge is 0.230 e. The molecule has 0 unspecified atom stereocenters. The summed E-state index contributed by atoms with van der Waals surface area (Å²) in [6, 6.07) is 3.45. The minimum atomic E-state index is -4.33. The van der Waals surface area contributed by atoms with Gasteiger partial charge in [-0.05, 0) is 18.4 Å². The van der Waals surface area contributed by atoms with Crippen molar-refractivity contribution < 1.29 is 13.2 Å². The maximum absolute atomic E-state index is 12.4. The molecule has 0 N–H and O–H groups in total. The second-order valence-corrected chi connectivity index (χ2v) is 3.90. The second-order valence-electron chi connectivity index (χ2n) is 3.13. The summed E-state index contributed by atoms with van der Waals surface area (Å²) in [5.41, 5.74) is -0.375. The number of nitrogens with zero attached hydrogens (tertiary/aromatic N) is 2. The fourth-order valence-corrected chi connectivity index (χ4v) is 1.63. The number of halogens is 3. The Hall–Kier alpha value is -1.30. The molecule has 2 nitrogen and oxygen atoms in total. The standard InChI is InChI=1S/C10H7F3N2S/c1-16-9-14-5-6-2-3-7(10(11,12)13)4-8(6)15-9/h2-5H,1H3. The van der Waals surface area contributed by atoms with Crippen LogP contribution in [0.5, 0.6) is 0 Å². The molecule has 0 saturated carbocycles. The monoisotopic (exact) mass is 244 g/mol. The van der Waals surface area contributed by atoms with Crippen molar-refractivity contribution in [2.45, 2.75) is 11.3 Å². The van der Waals surface area contributed by atoms with Gasteiger partial charge in [0.1, 0.15) is 0 Å². The molecule has 2 rings (SSSR count). The van der Waals surface area contributed by atoms with E-state index in [9.17, 15) is 13.2 Å². The highest BCUT2D eigenvalue weighted by molar-refractivity contribution is 7.98. The van der Waals surface area contributed by atoms with Crippen molar-refractivity contribution in [2.75, 3.05) is 6.26 Å². The Morgan fingerprint density at radius 2 is 2.00 bits per heavy atom. The van der Waals surface area contributed by atoms with Crippen LogP contribution < -0.4 is 0 Å². The number of thioether (sulfide) groups is 1. The van der Waals surface area contributed by atoms with Gasteiger partial charge in [0, 0.05) is 11.6 Å². The van der Waals surface area contributed by atoms with Gasteiger partial charge >= 0.3 is 6.18 Å². The molecule has 0 bridgehead atoms. The van der Waals surface area contributed by atoms with Crippen LogP contribution in [0, 0.1) is 0 Å². The summed E-state index contributed by atoms with van der Waals surface area (Å²) < 4.78 is 37.3. The highest BCUT2D eigenvalue weighted by Crippen LogP contribution is 2.31. The first-order valence-electron chi connectivity index (χ1n) is 4.39. The van der Waals surface area contributed by atoms with Gasteiger partial charge in [0.15, 0.2) is 5.16 Å². The lowest BCUT2D eigenvalue weighted by Gasteiger charge is -2.07. The predicted molar refractivity (Wildman–Crippen MR) is 56.3 cm³/mol. The lowest BCUT2D eigenvalue weighted by Crippen LogP contribution is -2.04. The molecule has 0 aliphatic rings. The van der Waals surface area contributed by atoms with Crippen LogP contribution in [0.4, 0.5) is 13.2 Å². The summed E-state index contributed by atoms with van der Waals surface area (Å²) in [7, 11) is 0. The Kier molecular flexibility index (Phi) is 2.75. The molecule has 0 fully saturated rings. The van der Waals surface area contributed by atoms with Crippen LogP contribution in [0.25, 0.3) is 10.9 Å². The van der Waals surface area contributed by atoms with Gasteiger partial charge in [-0.25, -0.2) is 9.97 Å². The van der Waals surface area contributed by atoms with Gasteiger partial charge in [-0.2, -0.15) is 13.2 Å². The third kappa shape index (κ3) is 2.11. The van der Waals surface area contributed by atoms with E-state index in [4.69, 9.17) is 0 Å². The Labute approximate surface area is 93.9 Å². The van der Waals surface area contributed by atoms with Crippen molar-refractivity contribution in [3.8, 4) is 0 Å². The van der Waals surface area contributed by atoms with Crippen LogP contribution in [0.15, 0.2) is 29.6 Å². The Balaban J connectivity index is 2.59. The first-order chi connectivity index (χ1) is 7.50. The van der Waals surface area contributed by atoms with Crippen molar-refractivity contribution in [1.82, 2.24) is 9.97 Å². The third-order valence-corrected chi connectivity index (χ3v) is 2.63. The van der Waals surface area contributed by atoms with E-state index in [0.29, 0.717) is 16.1 Å². The van der Waals surface area contributed by atoms with E-state index in [0.717, 1.165) is 12.1 Å². The van der Waals surface area contributed by atoms with E-state index in [1.165, 1.54) is 24.0 Å². The summed E-state index contributed by atoms with van der Waals surface area (Å²) in [6.45, 7) is 0. The average molecular weight is 244 g/mol. The number of hydrogen-bond acceptors (Lipinski definition) is 3. The number of hydrogen-bond donors (Lipinski definition) is 0. The summed E-state index contributed by atoms with van der Waals surface area (Å²) in [4.78, 5) is 8.01. The largest absolute Gasteiger partial charge is 0.416 e. The number of aromatic nitrogens is 2. The topological polar surface area (TPSA) is 25.8 Å². The van der Waals surface area contributed by atoms with E-state index in [2.05, 4.69) is 9.97 Å². The number of rotatable bonds is 1. The number of alkyl halides is 3. The molecule has 0 aliphatic heterocycles. The molecule has 0 radical (unpaired) electrons. The van der Waals surface area contributed by atoms with Crippen LogP contribution >= 0.6 is 11.8 Å². The lowest BCUT2D eigenvalue weighted by molar-refractivity contribution is -0.137. The fourth-order valence-electron chi connectivity index (χ4n) is 1.28. The van der Waals surface area contributed by atoms with Crippen molar-refractivity contribution in [3.05, 3.63) is 30.0 Å². The minimum Gasteiger partial charge on any atom is -0.230 e. The van der Waals surface area contributed by atoms with Gasteiger partial charge in [-0.1, -0.05) is 17.8 Å². The second kappa shape index (κ2) is 3.93. The molecule has 1 heterocycles. The molecule has 1 aromatic heterocycles. The third-order valence-electron chi connectivity index (χ3n) is 2.07. The molecule has 0 aliphatic carbocycles. The summed E-state index contributed by atoms with van der Waals surface area (Å²) in [5.74, 6) is 0. The Morgan fingerprint density at radius 3 is 2.62 bits per heavy atom. The van der Waals surface area contributed by atoms with Crippen molar-refractivity contribution in [2.24, 2.45) is 0 Å². The van der Waals surface area contributed by atoms with E-state index < -0.39 is 11.7 Å². The molecule has 0 amide bonds. The van der Waals surface area contributed by atoms with Gasteiger partial charge in [0.2, 0.25) is 0 Å². The maximum atomic E-state index is 12.4. The number of benzene rings is 1. The molecule has 0 atom stereocenters. The molecule has 16 heavy (non-hydrogen) atoms. The molecule has 1 aromatic carbocycles. The van der Waals surface area contributed by atoms with E-state index in [-0.39, 0.29) is 0 Å². The molecular formula is C10H7F3N2S. The zero-order valence-electron chi connectivity index (χ0n) is 8.25. The van der Waals surface area contributed by atoms with Crippen LogP contribution in [0.1, 0.15) is 5.56 Å². The van der Waals surface area contributed by atoms with Crippen LogP contribution in [-0.2, 0) is 6.18 Å². The van der Waals surface area contributed by atoms with Gasteiger partial charge in [0.05, 0.1) is 11.1 Å². The lowest BCUT2D eigenvalue weighted by atomic mass is 10.1. The minimum absolute atomic E-state index is 0.314. The zero-order chi connectivity index (χ0) is 11.8. The normalized spacial score (nSPS) is 12.0. The van der Waals surface area contributed by atoms with Gasteiger partial charge in [-0.15, -0.1) is 0 Å². The quantitative estimate of drug-likeness (QED) is 0.568. The summed E-state index contributed by atoms with van der Waals surface area (Å²) in [6.07, 6.45) is -1.04. The maximum Gasteiger partial charge on any atom is 0.416 e. The summed E-state index contributed by atoms with van der Waals surface area (Å²) >= 11 is 1.29. The van der Waals surface area contributed by atoms with Crippen LogP contribution in [0.3, 0.4) is 0 Å². The van der Waals surface area contributed by atoms with Crippen molar-refractivity contribution >= 4 is 22.7 Å². The molecule has 0 spiro atoms. The highest BCUT2D eigenvalue weighted by Gasteiger charge is 2.30. The fraction of sp³-hybridized carbons (Fsp3) is 0.200. The summed E-state index contributed by atoms with van der Waals surface area (Å²) in [5, 5.41) is 1.07. The number of fused-ring (bicyclic) bond motifs is 1.